The highest BCUT2D eigenvalue weighted by Gasteiger charge is 2.40. The van der Waals surface area contributed by atoms with Gasteiger partial charge in [-0.1, -0.05) is 20.8 Å². The number of thiophene rings is 2. The molecule has 2 heteroatoms. The second-order valence-electron chi connectivity index (χ2n) is 8.57. The van der Waals surface area contributed by atoms with Gasteiger partial charge in [-0.25, -0.2) is 0 Å². The molecule has 2 aliphatic rings. The first kappa shape index (κ1) is 16.4. The van der Waals surface area contributed by atoms with Crippen molar-refractivity contribution >= 4 is 45.0 Å². The molecule has 4 rings (SSSR count). The number of allylic oxidation sites excluding steroid dienone is 4. The lowest BCUT2D eigenvalue weighted by molar-refractivity contribution is 0.428. The monoisotopic (exact) mass is 354 g/mol. The Morgan fingerprint density at radius 3 is 1.75 bits per heavy atom. The Morgan fingerprint density at radius 1 is 0.708 bits per heavy atom. The van der Waals surface area contributed by atoms with Gasteiger partial charge < -0.3 is 0 Å². The summed E-state index contributed by atoms with van der Waals surface area (Å²) in [5.74, 6) is 0. The molecule has 0 nitrogen and oxygen atoms in total. The Hall–Kier alpha value is -1.12. The van der Waals surface area contributed by atoms with Crippen LogP contribution in [-0.4, -0.2) is 0 Å². The van der Waals surface area contributed by atoms with Gasteiger partial charge in [-0.2, -0.15) is 0 Å². The Labute approximate surface area is 153 Å². The van der Waals surface area contributed by atoms with Crippen LogP contribution in [0.3, 0.4) is 0 Å². The van der Waals surface area contributed by atoms with Crippen molar-refractivity contribution in [3.63, 3.8) is 0 Å². The van der Waals surface area contributed by atoms with Crippen molar-refractivity contribution in [3.05, 3.63) is 41.8 Å². The molecule has 24 heavy (non-hydrogen) atoms. The van der Waals surface area contributed by atoms with Gasteiger partial charge in [0.1, 0.15) is 0 Å². The smallest absolute Gasteiger partial charge is 0.0433 e. The van der Waals surface area contributed by atoms with Gasteiger partial charge in [0.05, 0.1) is 0 Å². The summed E-state index contributed by atoms with van der Waals surface area (Å²) in [6, 6.07) is 0. The molecule has 0 atom stereocenters. The Balaban J connectivity index is 2.09. The molecule has 0 spiro atoms. The molecule has 0 amide bonds. The highest BCUT2D eigenvalue weighted by Crippen LogP contribution is 2.62. The van der Waals surface area contributed by atoms with Crippen molar-refractivity contribution in [1.29, 1.82) is 0 Å². The average Bonchev–Trinajstić information content (AvgIpc) is 3.09. The maximum atomic E-state index is 2.37. The number of hydrogen-bond donors (Lipinski definition) is 0. The minimum atomic E-state index is 0.301. The van der Waals surface area contributed by atoms with Gasteiger partial charge in [-0.05, 0) is 74.3 Å². The van der Waals surface area contributed by atoms with Crippen molar-refractivity contribution in [2.24, 2.45) is 5.41 Å². The minimum absolute atomic E-state index is 0.301. The number of rotatable bonds is 1. The zero-order valence-electron chi connectivity index (χ0n) is 16.0. The van der Waals surface area contributed by atoms with E-state index in [9.17, 15) is 0 Å². The van der Waals surface area contributed by atoms with E-state index in [1.165, 1.54) is 41.8 Å². The first-order valence-corrected chi connectivity index (χ1v) is 10.4. The summed E-state index contributed by atoms with van der Waals surface area (Å²) in [4.78, 5) is 6.03. The molecule has 2 aromatic rings. The van der Waals surface area contributed by atoms with Crippen LogP contribution >= 0.6 is 22.7 Å². The van der Waals surface area contributed by atoms with Crippen LogP contribution in [0.1, 0.15) is 75.9 Å². The van der Waals surface area contributed by atoms with Crippen molar-refractivity contribution < 1.29 is 0 Å². The second-order valence-corrected chi connectivity index (χ2v) is 11.0. The second kappa shape index (κ2) is 4.95. The van der Waals surface area contributed by atoms with Crippen LogP contribution < -0.4 is 0 Å². The fourth-order valence-corrected chi connectivity index (χ4v) is 6.84. The highest BCUT2D eigenvalue weighted by molar-refractivity contribution is 7.16. The van der Waals surface area contributed by atoms with Crippen LogP contribution in [-0.2, 0) is 0 Å². The highest BCUT2D eigenvalue weighted by atomic mass is 32.1. The van der Waals surface area contributed by atoms with Gasteiger partial charge in [0.2, 0.25) is 0 Å². The molecular formula is C22H26S2. The standard InChI is InChI=1S/C22H26S2/c1-10-13(4)23-20-16(10)12(3)18-19(20)15(9-22(6,7)8)17-11(2)14(5)24-21(17)18/h9H2,1-8H3. The van der Waals surface area contributed by atoms with E-state index < -0.39 is 0 Å². The third-order valence-electron chi connectivity index (χ3n) is 5.54. The summed E-state index contributed by atoms with van der Waals surface area (Å²) in [6.07, 6.45) is 1.15. The van der Waals surface area contributed by atoms with Crippen molar-refractivity contribution in [2.75, 3.05) is 0 Å². The first-order chi connectivity index (χ1) is 11.1. The van der Waals surface area contributed by atoms with E-state index in [2.05, 4.69) is 55.4 Å². The molecular weight excluding hydrogens is 328 g/mol. The summed E-state index contributed by atoms with van der Waals surface area (Å²) in [5, 5.41) is 0. The van der Waals surface area contributed by atoms with E-state index in [4.69, 9.17) is 0 Å². The average molecular weight is 355 g/mol. The van der Waals surface area contributed by atoms with Crippen molar-refractivity contribution in [3.8, 4) is 0 Å². The third kappa shape index (κ3) is 2.02. The van der Waals surface area contributed by atoms with E-state index in [0.29, 0.717) is 5.41 Å². The van der Waals surface area contributed by atoms with Gasteiger partial charge in [0.15, 0.2) is 0 Å². The predicted octanol–water partition coefficient (Wildman–Crippen LogP) is 7.65. The zero-order chi connectivity index (χ0) is 17.5. The molecule has 0 saturated heterocycles. The largest absolute Gasteiger partial charge is 0.140 e. The van der Waals surface area contributed by atoms with Crippen LogP contribution in [0.2, 0.25) is 0 Å². The van der Waals surface area contributed by atoms with Crippen LogP contribution in [0.15, 0.2) is 0 Å². The lowest BCUT2D eigenvalue weighted by atomic mass is 9.84. The molecule has 0 fully saturated rings. The molecule has 0 aliphatic heterocycles. The van der Waals surface area contributed by atoms with E-state index in [-0.39, 0.29) is 0 Å². The predicted molar refractivity (Wildman–Crippen MR) is 111 cm³/mol. The molecule has 0 unspecified atom stereocenters. The topological polar surface area (TPSA) is 0 Å². The van der Waals surface area contributed by atoms with E-state index >= 15 is 0 Å². The van der Waals surface area contributed by atoms with Gasteiger partial charge >= 0.3 is 0 Å². The fraction of sp³-hybridized carbons (Fsp3) is 0.455. The Kier molecular flexibility index (Phi) is 3.38. The maximum Gasteiger partial charge on any atom is 0.0433 e. The quantitative estimate of drug-likeness (QED) is 0.493. The SMILES string of the molecule is CC1=C2C(=C(CC(C)(C)C)c3c2sc(C)c3C)c2sc(C)c(C)c21. The van der Waals surface area contributed by atoms with Gasteiger partial charge in [-0.15, -0.1) is 22.7 Å². The summed E-state index contributed by atoms with van der Waals surface area (Å²) in [6.45, 7) is 18.6. The zero-order valence-corrected chi connectivity index (χ0v) is 17.7. The van der Waals surface area contributed by atoms with Crippen LogP contribution in [0.5, 0.6) is 0 Å². The van der Waals surface area contributed by atoms with Crippen LogP contribution in [0.4, 0.5) is 0 Å². The molecule has 0 aromatic carbocycles. The molecule has 0 radical (unpaired) electrons. The fourth-order valence-electron chi connectivity index (χ4n) is 4.25. The molecule has 0 bridgehead atoms. The van der Waals surface area contributed by atoms with Crippen molar-refractivity contribution in [1.82, 2.24) is 0 Å². The molecule has 0 saturated carbocycles. The minimum Gasteiger partial charge on any atom is -0.140 e. The molecule has 2 aliphatic carbocycles. The van der Waals surface area contributed by atoms with E-state index in [0.717, 1.165) is 6.42 Å². The molecule has 0 N–H and O–H groups in total. The molecule has 2 heterocycles. The number of fused-ring (bicyclic) bond motifs is 5. The van der Waals surface area contributed by atoms with Crippen molar-refractivity contribution in [2.45, 2.75) is 61.8 Å². The summed E-state index contributed by atoms with van der Waals surface area (Å²) in [5.41, 5.74) is 12.6. The maximum absolute atomic E-state index is 2.37. The molecule has 2 aromatic heterocycles. The van der Waals surface area contributed by atoms with Crippen LogP contribution in [0, 0.1) is 33.1 Å². The number of hydrogen-bond acceptors (Lipinski definition) is 2. The van der Waals surface area contributed by atoms with Gasteiger partial charge in [-0.3, -0.25) is 0 Å². The summed E-state index contributed by atoms with van der Waals surface area (Å²) >= 11 is 4.01. The summed E-state index contributed by atoms with van der Waals surface area (Å²) in [7, 11) is 0. The lowest BCUT2D eigenvalue weighted by Gasteiger charge is -2.21. The normalized spacial score (nSPS) is 16.2. The number of aryl methyl sites for hydroxylation is 2. The lowest BCUT2D eigenvalue weighted by Crippen LogP contribution is -2.06. The van der Waals surface area contributed by atoms with Gasteiger partial charge in [0, 0.05) is 36.2 Å². The summed E-state index contributed by atoms with van der Waals surface area (Å²) < 4.78 is 0. The Morgan fingerprint density at radius 2 is 1.21 bits per heavy atom. The first-order valence-electron chi connectivity index (χ1n) is 8.77. The van der Waals surface area contributed by atoms with E-state index in [1.807, 2.05) is 22.7 Å². The van der Waals surface area contributed by atoms with Gasteiger partial charge in [0.25, 0.3) is 0 Å². The Bertz CT molecular complexity index is 949. The van der Waals surface area contributed by atoms with E-state index in [1.54, 1.807) is 22.3 Å². The molecule has 126 valence electrons. The third-order valence-corrected chi connectivity index (χ3v) is 7.98. The van der Waals surface area contributed by atoms with Crippen LogP contribution in [0.25, 0.3) is 22.3 Å².